The van der Waals surface area contributed by atoms with Crippen LogP contribution in [0.15, 0.2) is 21.3 Å². The Kier molecular flexibility index (Phi) is 4.25. The van der Waals surface area contributed by atoms with Gasteiger partial charge in [-0.3, -0.25) is 4.79 Å². The normalized spacial score (nSPS) is 18.5. The second kappa shape index (κ2) is 6.45. The Hall–Kier alpha value is -2.30. The molecule has 1 saturated carbocycles. The highest BCUT2D eigenvalue weighted by atomic mass is 16.5. The molecule has 2 heterocycles. The molecule has 1 aromatic heterocycles. The lowest BCUT2D eigenvalue weighted by Crippen LogP contribution is -2.41. The molecule has 26 heavy (non-hydrogen) atoms. The first-order valence-corrected chi connectivity index (χ1v) is 9.47. The average molecular weight is 356 g/mol. The molecule has 5 heteroatoms. The van der Waals surface area contributed by atoms with Crippen molar-refractivity contribution in [1.82, 2.24) is 0 Å². The standard InChI is InChI=1S/C21H24O5/c1-13-15(5-6-19(22)23)20(24)25-18-12-17-14(11-16(13)18)7-10-21(26-17)8-3-2-4-9-21/h11-12H,2-10H2,1H3,(H,22,23). The number of aliphatic carboxylic acids is 1. The molecule has 4 rings (SSSR count). The van der Waals surface area contributed by atoms with Crippen LogP contribution in [0, 0.1) is 6.92 Å². The summed E-state index contributed by atoms with van der Waals surface area (Å²) >= 11 is 0. The summed E-state index contributed by atoms with van der Waals surface area (Å²) in [5.41, 5.74) is 2.46. The fourth-order valence-corrected chi connectivity index (χ4v) is 4.47. The van der Waals surface area contributed by atoms with E-state index >= 15 is 0 Å². The summed E-state index contributed by atoms with van der Waals surface area (Å²) < 4.78 is 11.9. The van der Waals surface area contributed by atoms with Crippen molar-refractivity contribution >= 4 is 16.9 Å². The smallest absolute Gasteiger partial charge is 0.339 e. The largest absolute Gasteiger partial charge is 0.487 e. The predicted molar refractivity (Wildman–Crippen MR) is 97.9 cm³/mol. The van der Waals surface area contributed by atoms with Crippen molar-refractivity contribution in [1.29, 1.82) is 0 Å². The third kappa shape index (κ3) is 3.00. The summed E-state index contributed by atoms with van der Waals surface area (Å²) in [6.45, 7) is 1.87. The van der Waals surface area contributed by atoms with Gasteiger partial charge in [-0.1, -0.05) is 6.42 Å². The van der Waals surface area contributed by atoms with Crippen LogP contribution in [0.2, 0.25) is 0 Å². The summed E-state index contributed by atoms with van der Waals surface area (Å²) in [4.78, 5) is 23.2. The van der Waals surface area contributed by atoms with E-state index in [1.807, 2.05) is 13.0 Å². The minimum atomic E-state index is -0.916. The van der Waals surface area contributed by atoms with Crippen molar-refractivity contribution in [2.45, 2.75) is 70.3 Å². The third-order valence-electron chi connectivity index (χ3n) is 6.00. The van der Waals surface area contributed by atoms with E-state index in [2.05, 4.69) is 6.07 Å². The average Bonchev–Trinajstić information content (AvgIpc) is 2.61. The number of benzene rings is 1. The van der Waals surface area contributed by atoms with Gasteiger partial charge in [-0.2, -0.15) is 0 Å². The Morgan fingerprint density at radius 2 is 1.96 bits per heavy atom. The van der Waals surface area contributed by atoms with Gasteiger partial charge in [0.1, 0.15) is 16.9 Å². The highest BCUT2D eigenvalue weighted by molar-refractivity contribution is 5.84. The van der Waals surface area contributed by atoms with Crippen LogP contribution < -0.4 is 10.4 Å². The maximum absolute atomic E-state index is 12.3. The van der Waals surface area contributed by atoms with E-state index in [9.17, 15) is 9.59 Å². The van der Waals surface area contributed by atoms with E-state index in [1.54, 1.807) is 0 Å². The highest BCUT2D eigenvalue weighted by Crippen LogP contribution is 2.43. The number of rotatable bonds is 3. The number of carboxylic acid groups (broad SMARTS) is 1. The van der Waals surface area contributed by atoms with Gasteiger partial charge in [-0.25, -0.2) is 4.79 Å². The summed E-state index contributed by atoms with van der Waals surface area (Å²) in [6, 6.07) is 3.92. The van der Waals surface area contributed by atoms with Crippen molar-refractivity contribution in [2.24, 2.45) is 0 Å². The van der Waals surface area contributed by atoms with Crippen LogP contribution in [0.5, 0.6) is 5.75 Å². The molecule has 0 amide bonds. The number of ether oxygens (including phenoxy) is 1. The van der Waals surface area contributed by atoms with Gasteiger partial charge in [-0.05, 0) is 69.1 Å². The topological polar surface area (TPSA) is 76.7 Å². The molecule has 138 valence electrons. The molecule has 5 nitrogen and oxygen atoms in total. The fourth-order valence-electron chi connectivity index (χ4n) is 4.47. The van der Waals surface area contributed by atoms with Crippen molar-refractivity contribution in [3.63, 3.8) is 0 Å². The van der Waals surface area contributed by atoms with Crippen LogP contribution in [-0.4, -0.2) is 16.7 Å². The molecular formula is C21H24O5. The first-order chi connectivity index (χ1) is 12.5. The lowest BCUT2D eigenvalue weighted by molar-refractivity contribution is -0.136. The summed E-state index contributed by atoms with van der Waals surface area (Å²) in [5.74, 6) is -0.0768. The van der Waals surface area contributed by atoms with Crippen LogP contribution >= 0.6 is 0 Å². The molecule has 1 aliphatic carbocycles. The van der Waals surface area contributed by atoms with E-state index in [0.29, 0.717) is 11.1 Å². The van der Waals surface area contributed by atoms with Crippen molar-refractivity contribution in [3.05, 3.63) is 39.2 Å². The predicted octanol–water partition coefficient (Wildman–Crippen LogP) is 4.15. The van der Waals surface area contributed by atoms with Gasteiger partial charge in [0.25, 0.3) is 0 Å². The summed E-state index contributed by atoms with van der Waals surface area (Å²) in [5, 5.41) is 9.78. The van der Waals surface area contributed by atoms with Gasteiger partial charge in [0.05, 0.1) is 0 Å². The SMILES string of the molecule is Cc1c(CCC(=O)O)c(=O)oc2cc3c(cc12)CCC1(CCCCC1)O3. The van der Waals surface area contributed by atoms with Crippen LogP contribution in [0.1, 0.15) is 61.6 Å². The van der Waals surface area contributed by atoms with E-state index in [1.165, 1.54) is 19.3 Å². The number of carbonyl (C=O) groups is 1. The molecule has 2 aliphatic rings. The monoisotopic (exact) mass is 356 g/mol. The Bertz CT molecular complexity index is 918. The van der Waals surface area contributed by atoms with Crippen LogP contribution in [-0.2, 0) is 17.6 Å². The summed E-state index contributed by atoms with van der Waals surface area (Å²) in [7, 11) is 0. The molecule has 0 unspecified atom stereocenters. The van der Waals surface area contributed by atoms with Crippen molar-refractivity contribution in [3.8, 4) is 5.75 Å². The second-order valence-corrected chi connectivity index (χ2v) is 7.69. The van der Waals surface area contributed by atoms with Gasteiger partial charge < -0.3 is 14.3 Å². The van der Waals surface area contributed by atoms with E-state index in [4.69, 9.17) is 14.3 Å². The molecule has 2 aromatic rings. The Morgan fingerprint density at radius 3 is 2.69 bits per heavy atom. The molecule has 1 N–H and O–H groups in total. The van der Waals surface area contributed by atoms with Gasteiger partial charge in [-0.15, -0.1) is 0 Å². The van der Waals surface area contributed by atoms with Gasteiger partial charge in [0, 0.05) is 23.4 Å². The number of hydrogen-bond acceptors (Lipinski definition) is 4. The minimum absolute atomic E-state index is 0.0459. The highest BCUT2D eigenvalue weighted by Gasteiger charge is 2.37. The first-order valence-electron chi connectivity index (χ1n) is 9.47. The maximum atomic E-state index is 12.3. The van der Waals surface area contributed by atoms with Crippen LogP contribution in [0.25, 0.3) is 11.0 Å². The third-order valence-corrected chi connectivity index (χ3v) is 6.00. The molecule has 0 bridgehead atoms. The Morgan fingerprint density at radius 1 is 1.19 bits per heavy atom. The zero-order valence-electron chi connectivity index (χ0n) is 15.1. The van der Waals surface area contributed by atoms with Gasteiger partial charge >= 0.3 is 11.6 Å². The number of hydrogen-bond donors (Lipinski definition) is 1. The molecule has 1 fully saturated rings. The van der Waals surface area contributed by atoms with Crippen LogP contribution in [0.4, 0.5) is 0 Å². The molecule has 0 saturated heterocycles. The van der Waals surface area contributed by atoms with E-state index in [0.717, 1.165) is 47.9 Å². The fraction of sp³-hybridized carbons (Fsp3) is 0.524. The maximum Gasteiger partial charge on any atom is 0.339 e. The molecule has 1 aliphatic heterocycles. The number of fused-ring (bicyclic) bond motifs is 2. The number of aryl methyl sites for hydroxylation is 2. The zero-order chi connectivity index (χ0) is 18.3. The van der Waals surface area contributed by atoms with Gasteiger partial charge in [0.2, 0.25) is 0 Å². The van der Waals surface area contributed by atoms with Crippen molar-refractivity contribution < 1.29 is 19.1 Å². The Labute approximate surface area is 152 Å². The molecule has 0 atom stereocenters. The molecule has 0 radical (unpaired) electrons. The van der Waals surface area contributed by atoms with Crippen molar-refractivity contribution in [2.75, 3.05) is 0 Å². The van der Waals surface area contributed by atoms with Gasteiger partial charge in [0.15, 0.2) is 0 Å². The van der Waals surface area contributed by atoms with E-state index < -0.39 is 11.6 Å². The Balaban J connectivity index is 1.74. The molecule has 1 spiro atoms. The number of carboxylic acids is 1. The zero-order valence-corrected chi connectivity index (χ0v) is 15.1. The first kappa shape index (κ1) is 17.1. The lowest BCUT2D eigenvalue weighted by atomic mass is 9.79. The minimum Gasteiger partial charge on any atom is -0.487 e. The van der Waals surface area contributed by atoms with E-state index in [-0.39, 0.29) is 18.4 Å². The van der Waals surface area contributed by atoms with Crippen LogP contribution in [0.3, 0.4) is 0 Å². The lowest BCUT2D eigenvalue weighted by Gasteiger charge is -2.41. The summed E-state index contributed by atoms with van der Waals surface area (Å²) in [6.07, 6.45) is 8.02. The quantitative estimate of drug-likeness (QED) is 0.836. The molecular weight excluding hydrogens is 332 g/mol. The second-order valence-electron chi connectivity index (χ2n) is 7.69. The molecule has 1 aromatic carbocycles.